The number of allylic oxidation sites excluding steroid dienone is 2. The van der Waals surface area contributed by atoms with Crippen molar-refractivity contribution in [2.75, 3.05) is 0 Å². The van der Waals surface area contributed by atoms with E-state index in [1.807, 2.05) is 0 Å². The van der Waals surface area contributed by atoms with Gasteiger partial charge < -0.3 is 0 Å². The maximum Gasteiger partial charge on any atom is 0.285 e. The maximum atomic E-state index is 10.8. The molecule has 2 unspecified atom stereocenters. The Bertz CT molecular complexity index is 341. The summed E-state index contributed by atoms with van der Waals surface area (Å²) in [4.78, 5) is 0. The van der Waals surface area contributed by atoms with Crippen molar-refractivity contribution < 1.29 is 13.0 Å². The Morgan fingerprint density at radius 2 is 2.18 bits per heavy atom. The number of hydrogen-bond donors (Lipinski definition) is 1. The van der Waals surface area contributed by atoms with E-state index in [0.717, 1.165) is 0 Å². The maximum absolute atomic E-state index is 10.8. The highest BCUT2D eigenvalue weighted by Gasteiger charge is 2.62. The number of rotatable bonds is 1. The van der Waals surface area contributed by atoms with Crippen LogP contribution in [-0.2, 0) is 10.1 Å². The van der Waals surface area contributed by atoms with Crippen LogP contribution in [0.5, 0.6) is 0 Å². The topological polar surface area (TPSA) is 54.4 Å². The van der Waals surface area contributed by atoms with E-state index in [-0.39, 0.29) is 5.25 Å². The number of hydrogen-bond acceptors (Lipinski definition) is 3. The lowest BCUT2D eigenvalue weighted by Gasteiger charge is -2.05. The fraction of sp³-hybridized carbons (Fsp3) is 0.333. The van der Waals surface area contributed by atoms with Gasteiger partial charge in [0.15, 0.2) is 4.08 Å². The van der Waals surface area contributed by atoms with Gasteiger partial charge in [-0.05, 0) is 6.08 Å². The molecule has 1 fully saturated rings. The van der Waals surface area contributed by atoms with E-state index in [2.05, 4.69) is 0 Å². The van der Waals surface area contributed by atoms with Gasteiger partial charge >= 0.3 is 0 Å². The highest BCUT2D eigenvalue weighted by molar-refractivity contribution is 8.21. The normalized spacial score (nSPS) is 40.3. The van der Waals surface area contributed by atoms with Crippen molar-refractivity contribution in [2.24, 2.45) is 0 Å². The molecule has 0 aromatic carbocycles. The zero-order valence-corrected chi connectivity index (χ0v) is 7.10. The van der Waals surface area contributed by atoms with Gasteiger partial charge in [0.1, 0.15) is 0 Å². The average Bonchev–Trinajstić information content (AvgIpc) is 2.59. The molecule has 60 valence electrons. The van der Waals surface area contributed by atoms with E-state index in [9.17, 15) is 8.42 Å². The van der Waals surface area contributed by atoms with Crippen molar-refractivity contribution in [1.29, 1.82) is 0 Å². The lowest BCUT2D eigenvalue weighted by Crippen LogP contribution is -2.23. The van der Waals surface area contributed by atoms with Crippen LogP contribution in [0.25, 0.3) is 0 Å². The highest BCUT2D eigenvalue weighted by Crippen LogP contribution is 2.59. The van der Waals surface area contributed by atoms with Gasteiger partial charge in [-0.1, -0.05) is 18.2 Å². The molecule has 0 radical (unpaired) electrons. The molecular weight excluding hydrogens is 184 g/mol. The second kappa shape index (κ2) is 1.91. The van der Waals surface area contributed by atoms with Gasteiger partial charge in [0.25, 0.3) is 10.1 Å². The molecule has 0 bridgehead atoms. The highest BCUT2D eigenvalue weighted by atomic mass is 32.3. The molecule has 1 N–H and O–H groups in total. The van der Waals surface area contributed by atoms with Gasteiger partial charge in [-0.15, -0.1) is 11.8 Å². The zero-order chi connectivity index (χ0) is 8.11. The SMILES string of the molecule is O=S(=O)(O)C12C=CC=CC1S2. The molecule has 2 rings (SSSR count). The van der Waals surface area contributed by atoms with E-state index in [1.54, 1.807) is 18.2 Å². The van der Waals surface area contributed by atoms with Crippen LogP contribution >= 0.6 is 11.8 Å². The van der Waals surface area contributed by atoms with Crippen molar-refractivity contribution in [3.63, 3.8) is 0 Å². The fourth-order valence-corrected chi connectivity index (χ4v) is 3.72. The second-order valence-electron chi connectivity index (χ2n) is 2.48. The molecule has 1 aliphatic heterocycles. The first-order valence-electron chi connectivity index (χ1n) is 3.07. The largest absolute Gasteiger partial charge is 0.285 e. The molecule has 5 heteroatoms. The van der Waals surface area contributed by atoms with Crippen LogP contribution in [0.15, 0.2) is 24.3 Å². The predicted molar refractivity (Wildman–Crippen MR) is 43.9 cm³/mol. The van der Waals surface area contributed by atoms with E-state index >= 15 is 0 Å². The van der Waals surface area contributed by atoms with Crippen LogP contribution in [0.3, 0.4) is 0 Å². The Morgan fingerprint density at radius 3 is 2.64 bits per heavy atom. The van der Waals surface area contributed by atoms with Crippen LogP contribution < -0.4 is 0 Å². The van der Waals surface area contributed by atoms with Crippen molar-refractivity contribution >= 4 is 21.9 Å². The molecular formula is C6H6O3S2. The first-order chi connectivity index (χ1) is 5.06. The lowest BCUT2D eigenvalue weighted by atomic mass is 10.2. The minimum absolute atomic E-state index is 0.0810. The standard InChI is InChI=1S/C6H6O3S2/c7-11(8,9)6-4-2-1-3-5(6)10-6/h1-5H,(H,7,8,9). The molecule has 2 aliphatic rings. The Kier molecular flexibility index (Phi) is 1.28. The van der Waals surface area contributed by atoms with Crippen molar-refractivity contribution in [3.05, 3.63) is 24.3 Å². The number of thioether (sulfide) groups is 1. The summed E-state index contributed by atoms with van der Waals surface area (Å²) in [6.45, 7) is 0. The third-order valence-corrected chi connectivity index (χ3v) is 5.33. The monoisotopic (exact) mass is 190 g/mol. The lowest BCUT2D eigenvalue weighted by molar-refractivity contribution is 0.476. The fourth-order valence-electron chi connectivity index (χ4n) is 1.12. The molecule has 0 aromatic rings. The Balaban J connectivity index is 2.45. The smallest absolute Gasteiger partial charge is 0.284 e. The molecule has 1 heterocycles. The first-order valence-corrected chi connectivity index (χ1v) is 5.39. The zero-order valence-electron chi connectivity index (χ0n) is 5.47. The van der Waals surface area contributed by atoms with Gasteiger partial charge in [0.2, 0.25) is 0 Å². The van der Waals surface area contributed by atoms with E-state index in [4.69, 9.17) is 4.55 Å². The summed E-state index contributed by atoms with van der Waals surface area (Å²) in [6.07, 6.45) is 6.73. The number of fused-ring (bicyclic) bond motifs is 1. The summed E-state index contributed by atoms with van der Waals surface area (Å²) in [5.41, 5.74) is 0. The van der Waals surface area contributed by atoms with Crippen LogP contribution in [0, 0.1) is 0 Å². The van der Waals surface area contributed by atoms with Crippen LogP contribution in [0.1, 0.15) is 0 Å². The molecule has 0 spiro atoms. The summed E-state index contributed by atoms with van der Waals surface area (Å²) in [5.74, 6) is 0. The Labute approximate surface area is 68.9 Å². The molecule has 1 aliphatic carbocycles. The quantitative estimate of drug-likeness (QED) is 0.491. The summed E-state index contributed by atoms with van der Waals surface area (Å²) in [7, 11) is -3.93. The Hall–Kier alpha value is -0.260. The van der Waals surface area contributed by atoms with Crippen molar-refractivity contribution in [1.82, 2.24) is 0 Å². The third kappa shape index (κ3) is 0.881. The van der Waals surface area contributed by atoms with E-state index < -0.39 is 14.2 Å². The minimum atomic E-state index is -3.93. The van der Waals surface area contributed by atoms with Crippen LogP contribution in [0.4, 0.5) is 0 Å². The molecule has 0 aromatic heterocycles. The van der Waals surface area contributed by atoms with Crippen LogP contribution in [-0.4, -0.2) is 22.3 Å². The minimum Gasteiger partial charge on any atom is -0.284 e. The summed E-state index contributed by atoms with van der Waals surface area (Å²) in [6, 6.07) is 0. The molecule has 0 amide bonds. The molecule has 1 saturated heterocycles. The Morgan fingerprint density at radius 1 is 1.45 bits per heavy atom. The van der Waals surface area contributed by atoms with Gasteiger partial charge in [0, 0.05) is 0 Å². The molecule has 2 atom stereocenters. The van der Waals surface area contributed by atoms with E-state index in [0.29, 0.717) is 0 Å². The average molecular weight is 190 g/mol. The van der Waals surface area contributed by atoms with Gasteiger partial charge in [0.05, 0.1) is 5.25 Å². The van der Waals surface area contributed by atoms with Crippen molar-refractivity contribution in [3.8, 4) is 0 Å². The van der Waals surface area contributed by atoms with Gasteiger partial charge in [-0.3, -0.25) is 4.55 Å². The van der Waals surface area contributed by atoms with Crippen molar-refractivity contribution in [2.45, 2.75) is 9.33 Å². The second-order valence-corrected chi connectivity index (χ2v) is 5.78. The summed E-state index contributed by atoms with van der Waals surface area (Å²) >= 11 is 1.24. The third-order valence-electron chi connectivity index (χ3n) is 1.78. The summed E-state index contributed by atoms with van der Waals surface area (Å²) in [5, 5.41) is -0.0810. The molecule has 11 heavy (non-hydrogen) atoms. The van der Waals surface area contributed by atoms with Gasteiger partial charge in [-0.2, -0.15) is 8.42 Å². The van der Waals surface area contributed by atoms with Gasteiger partial charge in [-0.25, -0.2) is 0 Å². The summed E-state index contributed by atoms with van der Waals surface area (Å²) < 4.78 is 29.4. The predicted octanol–water partition coefficient (Wildman–Crippen LogP) is 0.812. The first kappa shape index (κ1) is 7.39. The molecule has 3 nitrogen and oxygen atoms in total. The van der Waals surface area contributed by atoms with Crippen LogP contribution in [0.2, 0.25) is 0 Å². The molecule has 0 saturated carbocycles. The van der Waals surface area contributed by atoms with E-state index in [1.165, 1.54) is 17.8 Å².